The molecule has 0 aliphatic carbocycles. The largest absolute Gasteiger partial charge is 0.337 e. The minimum absolute atomic E-state index is 0.00587. The molecule has 2 heterocycles. The molecule has 1 unspecified atom stereocenters. The van der Waals surface area contributed by atoms with Crippen LogP contribution in [0.4, 0.5) is 0 Å². The summed E-state index contributed by atoms with van der Waals surface area (Å²) in [6.45, 7) is 5.01. The van der Waals surface area contributed by atoms with Gasteiger partial charge in [0.1, 0.15) is 10.7 Å². The van der Waals surface area contributed by atoms with Gasteiger partial charge in [-0.1, -0.05) is 18.3 Å². The zero-order chi connectivity index (χ0) is 13.1. The number of piperidine rings is 1. The van der Waals surface area contributed by atoms with Crippen LogP contribution in [0.3, 0.4) is 0 Å². The van der Waals surface area contributed by atoms with E-state index in [1.165, 1.54) is 0 Å². The number of hydrogen-bond donors (Lipinski definition) is 0. The Kier molecular flexibility index (Phi) is 4.06. The molecule has 1 saturated heterocycles. The zero-order valence-electron chi connectivity index (χ0n) is 10.7. The highest BCUT2D eigenvalue weighted by atomic mass is 32.1. The maximum Gasteiger partial charge on any atom is 0.267 e. The predicted molar refractivity (Wildman–Crippen MR) is 68.6 cm³/mol. The van der Waals surface area contributed by atoms with Crippen molar-refractivity contribution in [3.8, 4) is 0 Å². The van der Waals surface area contributed by atoms with Gasteiger partial charge < -0.3 is 4.90 Å². The fraction of sp³-hybridized carbons (Fsp3) is 0.667. The zero-order valence-corrected chi connectivity index (χ0v) is 11.5. The van der Waals surface area contributed by atoms with Crippen molar-refractivity contribution in [2.75, 3.05) is 13.1 Å². The third-order valence-corrected chi connectivity index (χ3v) is 4.15. The SMILES string of the molecule is CCc1nnsc1C(=O)N1CCC(=O)C(CC)C1. The fourth-order valence-electron chi connectivity index (χ4n) is 2.20. The van der Waals surface area contributed by atoms with Crippen molar-refractivity contribution < 1.29 is 9.59 Å². The normalized spacial score (nSPS) is 20.2. The predicted octanol–water partition coefficient (Wildman–Crippen LogP) is 1.54. The number of likely N-dealkylation sites (tertiary alicyclic amines) is 1. The standard InChI is InChI=1S/C12H17N3O2S/c1-3-8-7-15(6-5-10(8)16)12(17)11-9(4-2)13-14-18-11/h8H,3-7H2,1-2H3. The Balaban J connectivity index is 2.12. The van der Waals surface area contributed by atoms with Gasteiger partial charge in [0.15, 0.2) is 0 Å². The second-order valence-electron chi connectivity index (χ2n) is 4.47. The van der Waals surface area contributed by atoms with Crippen molar-refractivity contribution in [2.45, 2.75) is 33.1 Å². The lowest BCUT2D eigenvalue weighted by Gasteiger charge is -2.31. The number of aryl methyl sites for hydroxylation is 1. The van der Waals surface area contributed by atoms with E-state index in [4.69, 9.17) is 0 Å². The highest BCUT2D eigenvalue weighted by Crippen LogP contribution is 2.21. The van der Waals surface area contributed by atoms with Crippen LogP contribution in [-0.2, 0) is 11.2 Å². The second-order valence-corrected chi connectivity index (χ2v) is 5.23. The molecular weight excluding hydrogens is 250 g/mol. The molecule has 0 bridgehead atoms. The Bertz CT molecular complexity index is 458. The van der Waals surface area contributed by atoms with Crippen LogP contribution in [0, 0.1) is 5.92 Å². The Labute approximate surface area is 110 Å². The molecule has 1 atom stereocenters. The number of carbonyl (C=O) groups excluding carboxylic acids is 2. The quantitative estimate of drug-likeness (QED) is 0.833. The van der Waals surface area contributed by atoms with E-state index in [-0.39, 0.29) is 17.6 Å². The lowest BCUT2D eigenvalue weighted by molar-refractivity contribution is -0.125. The summed E-state index contributed by atoms with van der Waals surface area (Å²) in [6, 6.07) is 0. The van der Waals surface area contributed by atoms with Crippen LogP contribution >= 0.6 is 11.5 Å². The van der Waals surface area contributed by atoms with Crippen LogP contribution in [0.5, 0.6) is 0 Å². The molecule has 1 aromatic rings. The molecular formula is C12H17N3O2S. The van der Waals surface area contributed by atoms with E-state index in [0.717, 1.165) is 23.6 Å². The number of aromatic nitrogens is 2. The summed E-state index contributed by atoms with van der Waals surface area (Å²) in [5, 5.41) is 3.96. The number of rotatable bonds is 3. The molecule has 0 saturated carbocycles. The van der Waals surface area contributed by atoms with Crippen molar-refractivity contribution >= 4 is 23.2 Å². The van der Waals surface area contributed by atoms with Gasteiger partial charge in [-0.3, -0.25) is 9.59 Å². The molecule has 98 valence electrons. The molecule has 0 radical (unpaired) electrons. The molecule has 0 spiro atoms. The summed E-state index contributed by atoms with van der Waals surface area (Å²) in [7, 11) is 0. The Morgan fingerprint density at radius 2 is 2.28 bits per heavy atom. The highest BCUT2D eigenvalue weighted by molar-refractivity contribution is 7.08. The molecule has 18 heavy (non-hydrogen) atoms. The fourth-order valence-corrected chi connectivity index (χ4v) is 2.91. The minimum Gasteiger partial charge on any atom is -0.337 e. The van der Waals surface area contributed by atoms with Gasteiger partial charge in [0, 0.05) is 25.4 Å². The summed E-state index contributed by atoms with van der Waals surface area (Å²) < 4.78 is 3.84. The lowest BCUT2D eigenvalue weighted by atomic mass is 9.94. The molecule has 0 N–H and O–H groups in total. The van der Waals surface area contributed by atoms with Gasteiger partial charge in [-0.25, -0.2) is 0 Å². The molecule has 1 fully saturated rings. The Morgan fingerprint density at radius 1 is 1.50 bits per heavy atom. The molecule has 2 rings (SSSR count). The summed E-state index contributed by atoms with van der Waals surface area (Å²) in [5.74, 6) is 0.251. The van der Waals surface area contributed by atoms with E-state index in [9.17, 15) is 9.59 Å². The third kappa shape index (κ3) is 2.43. The summed E-state index contributed by atoms with van der Waals surface area (Å²) in [6.07, 6.45) is 1.98. The number of ketones is 1. The van der Waals surface area contributed by atoms with Gasteiger partial charge >= 0.3 is 0 Å². The van der Waals surface area contributed by atoms with Crippen LogP contribution in [0.2, 0.25) is 0 Å². The van der Waals surface area contributed by atoms with Crippen LogP contribution in [0.25, 0.3) is 0 Å². The summed E-state index contributed by atoms with van der Waals surface area (Å²) in [4.78, 5) is 26.4. The van der Waals surface area contributed by atoms with E-state index < -0.39 is 0 Å². The van der Waals surface area contributed by atoms with Crippen molar-refractivity contribution in [3.05, 3.63) is 10.6 Å². The number of Topliss-reactive ketones (excluding diaryl/α,β-unsaturated/α-hetero) is 1. The molecule has 5 nitrogen and oxygen atoms in total. The number of amides is 1. The molecule has 1 amide bonds. The van der Waals surface area contributed by atoms with E-state index in [1.807, 2.05) is 13.8 Å². The van der Waals surface area contributed by atoms with Crippen LogP contribution in [0.1, 0.15) is 42.1 Å². The number of nitrogens with zero attached hydrogens (tertiary/aromatic N) is 3. The van der Waals surface area contributed by atoms with Crippen LogP contribution in [-0.4, -0.2) is 39.3 Å². The lowest BCUT2D eigenvalue weighted by Crippen LogP contribution is -2.43. The Morgan fingerprint density at radius 3 is 2.94 bits per heavy atom. The van der Waals surface area contributed by atoms with E-state index in [2.05, 4.69) is 9.59 Å². The van der Waals surface area contributed by atoms with Gasteiger partial charge in [-0.05, 0) is 24.4 Å². The average Bonchev–Trinajstić information content (AvgIpc) is 2.86. The first-order chi connectivity index (χ1) is 8.67. The monoisotopic (exact) mass is 267 g/mol. The van der Waals surface area contributed by atoms with E-state index in [1.54, 1.807) is 4.90 Å². The number of hydrogen-bond acceptors (Lipinski definition) is 5. The topological polar surface area (TPSA) is 63.2 Å². The van der Waals surface area contributed by atoms with Crippen molar-refractivity contribution in [2.24, 2.45) is 5.92 Å². The second kappa shape index (κ2) is 5.56. The summed E-state index contributed by atoms with van der Waals surface area (Å²) >= 11 is 1.15. The van der Waals surface area contributed by atoms with Crippen molar-refractivity contribution in [1.82, 2.24) is 14.5 Å². The molecule has 1 aromatic heterocycles. The maximum atomic E-state index is 12.4. The van der Waals surface area contributed by atoms with Gasteiger partial charge in [-0.15, -0.1) is 5.10 Å². The van der Waals surface area contributed by atoms with Gasteiger partial charge in [0.2, 0.25) is 0 Å². The van der Waals surface area contributed by atoms with Crippen molar-refractivity contribution in [3.63, 3.8) is 0 Å². The molecule has 0 aromatic carbocycles. The van der Waals surface area contributed by atoms with Crippen LogP contribution < -0.4 is 0 Å². The number of carbonyl (C=O) groups is 2. The summed E-state index contributed by atoms with van der Waals surface area (Å²) in [5.41, 5.74) is 0.759. The average molecular weight is 267 g/mol. The maximum absolute atomic E-state index is 12.4. The Hall–Kier alpha value is -1.30. The molecule has 1 aliphatic rings. The van der Waals surface area contributed by atoms with Crippen LogP contribution in [0.15, 0.2) is 0 Å². The first-order valence-electron chi connectivity index (χ1n) is 6.30. The van der Waals surface area contributed by atoms with Crippen molar-refractivity contribution in [1.29, 1.82) is 0 Å². The van der Waals surface area contributed by atoms with Gasteiger partial charge in [0.25, 0.3) is 5.91 Å². The molecule has 1 aliphatic heterocycles. The van der Waals surface area contributed by atoms with Gasteiger partial charge in [-0.2, -0.15) is 0 Å². The minimum atomic E-state index is -0.0206. The first-order valence-corrected chi connectivity index (χ1v) is 7.07. The first kappa shape index (κ1) is 13.1. The molecule has 6 heteroatoms. The van der Waals surface area contributed by atoms with E-state index >= 15 is 0 Å². The third-order valence-electron chi connectivity index (χ3n) is 3.39. The smallest absolute Gasteiger partial charge is 0.267 e. The highest BCUT2D eigenvalue weighted by Gasteiger charge is 2.30. The van der Waals surface area contributed by atoms with Gasteiger partial charge in [0.05, 0.1) is 5.69 Å². The van der Waals surface area contributed by atoms with E-state index in [0.29, 0.717) is 30.8 Å².